The van der Waals surface area contributed by atoms with E-state index in [0.717, 1.165) is 6.07 Å². The van der Waals surface area contributed by atoms with Gasteiger partial charge in [-0.15, -0.1) is 5.10 Å². The number of hydrogen-bond donors (Lipinski definition) is 2. The number of aryl methyl sites for hydroxylation is 1. The van der Waals surface area contributed by atoms with Crippen LogP contribution in [0, 0.1) is 12.7 Å². The van der Waals surface area contributed by atoms with Crippen molar-refractivity contribution in [3.63, 3.8) is 0 Å². The molecule has 1 aromatic carbocycles. The first kappa shape index (κ1) is 19.4. The molecular formula is C20H20F3N5O. The maximum atomic E-state index is 14.5. The van der Waals surface area contributed by atoms with Crippen molar-refractivity contribution < 1.29 is 13.2 Å². The Bertz CT molecular complexity index is 1130. The number of aromatic nitrogens is 3. The van der Waals surface area contributed by atoms with E-state index in [9.17, 15) is 18.0 Å². The second kappa shape index (κ2) is 7.47. The molecule has 0 bridgehead atoms. The number of nitrogens with one attached hydrogen (secondary N) is 2. The third kappa shape index (κ3) is 3.46. The van der Waals surface area contributed by atoms with E-state index in [0.29, 0.717) is 35.4 Å². The lowest BCUT2D eigenvalue weighted by atomic mass is 10.0. The van der Waals surface area contributed by atoms with E-state index in [-0.39, 0.29) is 17.2 Å². The quantitative estimate of drug-likeness (QED) is 0.682. The molecule has 0 aliphatic carbocycles. The van der Waals surface area contributed by atoms with Gasteiger partial charge in [-0.25, -0.2) is 13.2 Å². The summed E-state index contributed by atoms with van der Waals surface area (Å²) in [4.78, 5) is 12.5. The lowest BCUT2D eigenvalue weighted by Gasteiger charge is -2.29. The Morgan fingerprint density at radius 3 is 2.59 bits per heavy atom. The summed E-state index contributed by atoms with van der Waals surface area (Å²) in [7, 11) is 0. The van der Waals surface area contributed by atoms with Crippen LogP contribution in [0.1, 0.15) is 42.3 Å². The monoisotopic (exact) mass is 403 g/mol. The molecule has 152 valence electrons. The van der Waals surface area contributed by atoms with Crippen molar-refractivity contribution in [1.29, 1.82) is 0 Å². The minimum Gasteiger partial charge on any atom is -0.361 e. The molecule has 1 aliphatic rings. The highest BCUT2D eigenvalue weighted by Gasteiger charge is 2.23. The molecule has 2 aromatic heterocycles. The molecule has 0 spiro atoms. The molecule has 1 aliphatic heterocycles. The molecule has 6 nitrogen and oxygen atoms in total. The Hall–Kier alpha value is -2.94. The van der Waals surface area contributed by atoms with Crippen LogP contribution in [0.25, 0.3) is 10.8 Å². The zero-order valence-corrected chi connectivity index (χ0v) is 15.9. The van der Waals surface area contributed by atoms with Gasteiger partial charge in [0, 0.05) is 41.7 Å². The number of hydrogen-bond acceptors (Lipinski definition) is 5. The average Bonchev–Trinajstić information content (AvgIpc) is 2.63. The summed E-state index contributed by atoms with van der Waals surface area (Å²) in [6, 6.07) is 4.87. The van der Waals surface area contributed by atoms with Gasteiger partial charge in [-0.2, -0.15) is 5.10 Å². The standard InChI is InChI=1S/C20H20F3N5O/c1-10(13-4-3-5-14(18(13)21)19(22)23)25-20-16-9-28(12-7-24-8-12)17(29)6-15(16)11(2)26-27-20/h3-6,9-10,12,19,24H,7-8H2,1-2H3,(H,25,27)/t10-/m1/s1. The summed E-state index contributed by atoms with van der Waals surface area (Å²) in [5, 5.41) is 15.8. The maximum absolute atomic E-state index is 14.5. The molecule has 3 aromatic rings. The Kier molecular flexibility index (Phi) is 4.99. The molecule has 9 heteroatoms. The second-order valence-corrected chi connectivity index (χ2v) is 7.21. The predicted molar refractivity (Wildman–Crippen MR) is 104 cm³/mol. The molecule has 0 unspecified atom stereocenters. The fourth-order valence-corrected chi connectivity index (χ4v) is 3.49. The van der Waals surface area contributed by atoms with E-state index in [1.165, 1.54) is 18.2 Å². The number of rotatable bonds is 5. The molecule has 4 rings (SSSR count). The highest BCUT2D eigenvalue weighted by atomic mass is 19.3. The van der Waals surface area contributed by atoms with Crippen molar-refractivity contribution in [2.24, 2.45) is 0 Å². The van der Waals surface area contributed by atoms with Crippen molar-refractivity contribution >= 4 is 16.6 Å². The minimum absolute atomic E-state index is 0.0609. The fourth-order valence-electron chi connectivity index (χ4n) is 3.49. The molecule has 1 fully saturated rings. The first-order chi connectivity index (χ1) is 13.9. The van der Waals surface area contributed by atoms with E-state index in [1.807, 2.05) is 0 Å². The molecule has 1 saturated heterocycles. The first-order valence-electron chi connectivity index (χ1n) is 9.29. The zero-order chi connectivity index (χ0) is 20.7. The number of alkyl halides is 2. The summed E-state index contributed by atoms with van der Waals surface area (Å²) in [5.74, 6) is -0.578. The minimum atomic E-state index is -2.90. The van der Waals surface area contributed by atoms with Gasteiger partial charge in [0.15, 0.2) is 5.82 Å². The van der Waals surface area contributed by atoms with Gasteiger partial charge in [-0.05, 0) is 13.8 Å². The van der Waals surface area contributed by atoms with E-state index in [4.69, 9.17) is 0 Å². The van der Waals surface area contributed by atoms with Crippen LogP contribution in [0.15, 0.2) is 35.3 Å². The molecule has 0 amide bonds. The highest BCUT2D eigenvalue weighted by molar-refractivity contribution is 5.92. The summed E-state index contributed by atoms with van der Waals surface area (Å²) in [5.41, 5.74) is -0.0630. The highest BCUT2D eigenvalue weighted by Crippen LogP contribution is 2.30. The van der Waals surface area contributed by atoms with E-state index in [2.05, 4.69) is 20.8 Å². The predicted octanol–water partition coefficient (Wildman–Crippen LogP) is 3.49. The van der Waals surface area contributed by atoms with Gasteiger partial charge in [0.25, 0.3) is 12.0 Å². The Morgan fingerprint density at radius 2 is 1.93 bits per heavy atom. The van der Waals surface area contributed by atoms with Crippen molar-refractivity contribution in [2.45, 2.75) is 32.4 Å². The van der Waals surface area contributed by atoms with Crippen LogP contribution < -0.4 is 16.2 Å². The van der Waals surface area contributed by atoms with Crippen LogP contribution in [-0.4, -0.2) is 27.9 Å². The first-order valence-corrected chi connectivity index (χ1v) is 9.29. The maximum Gasteiger partial charge on any atom is 0.266 e. The van der Waals surface area contributed by atoms with Gasteiger partial charge in [0.05, 0.1) is 23.3 Å². The van der Waals surface area contributed by atoms with Crippen LogP contribution in [-0.2, 0) is 0 Å². The summed E-state index contributed by atoms with van der Waals surface area (Å²) in [6.45, 7) is 4.82. The second-order valence-electron chi connectivity index (χ2n) is 7.21. The topological polar surface area (TPSA) is 71.8 Å². The largest absolute Gasteiger partial charge is 0.361 e. The van der Waals surface area contributed by atoms with Gasteiger partial charge in [0.2, 0.25) is 0 Å². The van der Waals surface area contributed by atoms with Gasteiger partial charge in [-0.3, -0.25) is 4.79 Å². The lowest BCUT2D eigenvalue weighted by Crippen LogP contribution is -2.46. The van der Waals surface area contributed by atoms with E-state index in [1.54, 1.807) is 24.6 Å². The van der Waals surface area contributed by atoms with Crippen LogP contribution in [0.2, 0.25) is 0 Å². The number of nitrogens with zero attached hydrogens (tertiary/aromatic N) is 3. The summed E-state index contributed by atoms with van der Waals surface area (Å²) in [6.07, 6.45) is -1.17. The molecular weight excluding hydrogens is 383 g/mol. The molecule has 29 heavy (non-hydrogen) atoms. The molecule has 3 heterocycles. The molecule has 1 atom stereocenters. The van der Waals surface area contributed by atoms with Crippen LogP contribution >= 0.6 is 0 Å². The van der Waals surface area contributed by atoms with Gasteiger partial charge >= 0.3 is 0 Å². The Labute approximate surface area is 164 Å². The number of fused-ring (bicyclic) bond motifs is 1. The summed E-state index contributed by atoms with van der Waals surface area (Å²) < 4.78 is 42.2. The van der Waals surface area contributed by atoms with Crippen molar-refractivity contribution in [3.05, 3.63) is 63.5 Å². The third-order valence-electron chi connectivity index (χ3n) is 5.29. The van der Waals surface area contributed by atoms with Crippen LogP contribution in [0.4, 0.5) is 19.0 Å². The number of halogens is 3. The normalized spacial score (nSPS) is 15.5. The fraction of sp³-hybridized carbons (Fsp3) is 0.350. The van der Waals surface area contributed by atoms with Gasteiger partial charge in [-0.1, -0.05) is 18.2 Å². The van der Waals surface area contributed by atoms with Crippen molar-refractivity contribution in [3.8, 4) is 0 Å². The number of benzene rings is 1. The van der Waals surface area contributed by atoms with Gasteiger partial charge in [0.1, 0.15) is 5.82 Å². The molecule has 0 saturated carbocycles. The SMILES string of the molecule is Cc1nnc(N[C@H](C)c2cccc(C(F)F)c2F)c2cn(C3CNC3)c(=O)cc12. The van der Waals surface area contributed by atoms with Crippen LogP contribution in [0.3, 0.4) is 0 Å². The van der Waals surface area contributed by atoms with Gasteiger partial charge < -0.3 is 15.2 Å². The zero-order valence-electron chi connectivity index (χ0n) is 15.9. The number of pyridine rings is 1. The lowest BCUT2D eigenvalue weighted by molar-refractivity contribution is 0.146. The average molecular weight is 403 g/mol. The van der Waals surface area contributed by atoms with E-state index < -0.39 is 23.8 Å². The molecule has 0 radical (unpaired) electrons. The van der Waals surface area contributed by atoms with Crippen LogP contribution in [0.5, 0.6) is 0 Å². The third-order valence-corrected chi connectivity index (χ3v) is 5.29. The number of anilines is 1. The van der Waals surface area contributed by atoms with Crippen molar-refractivity contribution in [2.75, 3.05) is 18.4 Å². The Balaban J connectivity index is 1.75. The summed E-state index contributed by atoms with van der Waals surface area (Å²) >= 11 is 0. The smallest absolute Gasteiger partial charge is 0.266 e. The van der Waals surface area contributed by atoms with E-state index >= 15 is 0 Å². The molecule has 2 N–H and O–H groups in total. The van der Waals surface area contributed by atoms with Crippen molar-refractivity contribution in [1.82, 2.24) is 20.1 Å². The Morgan fingerprint density at radius 1 is 1.21 bits per heavy atom.